The molecule has 3 N–H and O–H groups in total. The van der Waals surface area contributed by atoms with Crippen LogP contribution in [0.25, 0.3) is 0 Å². The Morgan fingerprint density at radius 1 is 1.23 bits per heavy atom. The molecule has 0 heterocycles. The third kappa shape index (κ3) is 5.29. The number of hydrogen-bond donors (Lipinski definition) is 3. The molecule has 0 aromatic rings. The van der Waals surface area contributed by atoms with Crippen molar-refractivity contribution in [3.8, 4) is 0 Å². The quantitative estimate of drug-likeness (QED) is 0.520. The van der Waals surface area contributed by atoms with Gasteiger partial charge in [0.15, 0.2) is 0 Å². The maximum atomic E-state index is 10.1. The van der Waals surface area contributed by atoms with Gasteiger partial charge in [-0.1, -0.05) is 51.0 Å². The van der Waals surface area contributed by atoms with Crippen molar-refractivity contribution in [1.29, 1.82) is 0 Å². The van der Waals surface area contributed by atoms with Gasteiger partial charge in [-0.25, -0.2) is 0 Å². The molecule has 0 aromatic carbocycles. The van der Waals surface area contributed by atoms with E-state index in [-0.39, 0.29) is 0 Å². The topological polar surface area (TPSA) is 60.7 Å². The first kappa shape index (κ1) is 23.8. The third-order valence-electron chi connectivity index (χ3n) is 8.44. The number of fused-ring (bicyclic) bond motifs is 1. The van der Waals surface area contributed by atoms with Crippen molar-refractivity contribution in [1.82, 2.24) is 0 Å². The van der Waals surface area contributed by atoms with Crippen LogP contribution in [0.5, 0.6) is 0 Å². The highest BCUT2D eigenvalue weighted by molar-refractivity contribution is 5.38. The molecule has 0 aromatic heterocycles. The maximum absolute atomic E-state index is 10.1. The molecule has 3 saturated carbocycles. The molecule has 3 heteroatoms. The van der Waals surface area contributed by atoms with E-state index in [0.29, 0.717) is 30.1 Å². The van der Waals surface area contributed by atoms with E-state index in [1.165, 1.54) is 38.5 Å². The average molecular weight is 417 g/mol. The van der Waals surface area contributed by atoms with Crippen molar-refractivity contribution >= 4 is 0 Å². The normalized spacial score (nSPS) is 38.8. The van der Waals surface area contributed by atoms with Crippen LogP contribution in [0.1, 0.15) is 91.9 Å². The van der Waals surface area contributed by atoms with Crippen LogP contribution in [-0.4, -0.2) is 33.1 Å². The molecule has 6 atom stereocenters. The Hall–Kier alpha value is -0.900. The zero-order valence-corrected chi connectivity index (χ0v) is 19.7. The van der Waals surface area contributed by atoms with Crippen LogP contribution in [0.3, 0.4) is 0 Å². The number of hydrogen-bond acceptors (Lipinski definition) is 3. The van der Waals surface area contributed by atoms with E-state index in [1.807, 2.05) is 13.8 Å². The zero-order chi connectivity index (χ0) is 22.1. The highest BCUT2D eigenvalue weighted by Gasteiger charge is 2.50. The molecule has 0 spiro atoms. The summed E-state index contributed by atoms with van der Waals surface area (Å²) in [6.07, 6.45) is 13.9. The maximum Gasteiger partial charge on any atom is 0.0811 e. The molecule has 3 nitrogen and oxygen atoms in total. The largest absolute Gasteiger partial charge is 0.393 e. The van der Waals surface area contributed by atoms with Gasteiger partial charge in [-0.05, 0) is 93.1 Å². The van der Waals surface area contributed by atoms with Crippen molar-refractivity contribution in [3.63, 3.8) is 0 Å². The second-order valence-corrected chi connectivity index (χ2v) is 11.3. The van der Waals surface area contributed by atoms with Crippen LogP contribution in [-0.2, 0) is 0 Å². The smallest absolute Gasteiger partial charge is 0.0811 e. The summed E-state index contributed by atoms with van der Waals surface area (Å²) in [5.41, 5.74) is 3.17. The van der Waals surface area contributed by atoms with Crippen molar-refractivity contribution in [2.75, 3.05) is 0 Å². The first-order valence-corrected chi connectivity index (χ1v) is 12.2. The molecule has 3 fully saturated rings. The van der Waals surface area contributed by atoms with Gasteiger partial charge in [0.25, 0.3) is 0 Å². The molecule has 3 aliphatic rings. The van der Waals surface area contributed by atoms with Gasteiger partial charge in [0.1, 0.15) is 0 Å². The summed E-state index contributed by atoms with van der Waals surface area (Å²) < 4.78 is 0. The van der Waals surface area contributed by atoms with E-state index >= 15 is 0 Å². The minimum atomic E-state index is -0.615. The fourth-order valence-corrected chi connectivity index (χ4v) is 6.74. The summed E-state index contributed by atoms with van der Waals surface area (Å²) in [6, 6.07) is 0. The standard InChI is InChI=1S/C27H44O3/c1-18(8-6-14-26(3,4)30)23-12-13-24-20(9-7-15-27(23,24)5)10-11-21-16-22(28)17-25(29)19(21)2/h10-11,18,22-25,28-30H,2,6-9,12-17H2,1,3-5H3/b20-10+,21-11-/t18-,22+,23-,24-,25-,27+/m1/s1. The average Bonchev–Trinajstić information content (AvgIpc) is 3.00. The first-order chi connectivity index (χ1) is 14.0. The van der Waals surface area contributed by atoms with E-state index in [9.17, 15) is 15.3 Å². The second kappa shape index (κ2) is 9.30. The number of allylic oxidation sites excluding steroid dienone is 3. The summed E-state index contributed by atoms with van der Waals surface area (Å²) >= 11 is 0. The highest BCUT2D eigenvalue weighted by Crippen LogP contribution is 2.60. The molecule has 3 aliphatic carbocycles. The second-order valence-electron chi connectivity index (χ2n) is 11.3. The minimum Gasteiger partial charge on any atom is -0.393 e. The molecule has 0 saturated heterocycles. The highest BCUT2D eigenvalue weighted by atomic mass is 16.3. The summed E-state index contributed by atoms with van der Waals surface area (Å²) in [7, 11) is 0. The lowest BCUT2D eigenvalue weighted by atomic mass is 9.60. The zero-order valence-electron chi connectivity index (χ0n) is 19.7. The van der Waals surface area contributed by atoms with Gasteiger partial charge in [-0.3, -0.25) is 0 Å². The number of aliphatic hydroxyl groups excluding tert-OH is 2. The molecular formula is C27H44O3. The molecule has 3 rings (SSSR count). The Balaban J connectivity index is 1.70. The van der Waals surface area contributed by atoms with Crippen molar-refractivity contribution in [3.05, 3.63) is 35.5 Å². The van der Waals surface area contributed by atoms with Gasteiger partial charge in [-0.2, -0.15) is 0 Å². The summed E-state index contributed by atoms with van der Waals surface area (Å²) in [6.45, 7) is 12.8. The summed E-state index contributed by atoms with van der Waals surface area (Å²) in [5.74, 6) is 2.11. The lowest BCUT2D eigenvalue weighted by Gasteiger charge is -2.44. The molecule has 0 bridgehead atoms. The fourth-order valence-electron chi connectivity index (χ4n) is 6.74. The van der Waals surface area contributed by atoms with Gasteiger partial charge in [0, 0.05) is 6.42 Å². The Bertz CT molecular complexity index is 683. The van der Waals surface area contributed by atoms with Crippen LogP contribution in [0.4, 0.5) is 0 Å². The molecule has 0 radical (unpaired) electrons. The predicted octanol–water partition coefficient (Wildman–Crippen LogP) is 5.70. The van der Waals surface area contributed by atoms with Gasteiger partial charge in [-0.15, -0.1) is 0 Å². The Labute approximate surface area is 184 Å². The molecule has 0 amide bonds. The van der Waals surface area contributed by atoms with Crippen molar-refractivity contribution in [2.45, 2.75) is 110 Å². The lowest BCUT2D eigenvalue weighted by molar-refractivity contribution is 0.0596. The first-order valence-electron chi connectivity index (χ1n) is 12.2. The monoisotopic (exact) mass is 416 g/mol. The fraction of sp³-hybridized carbons (Fsp3) is 0.778. The van der Waals surface area contributed by atoms with Crippen molar-refractivity contribution in [2.24, 2.45) is 23.2 Å². The molecule has 30 heavy (non-hydrogen) atoms. The number of aliphatic hydroxyl groups is 3. The molecule has 0 unspecified atom stereocenters. The van der Waals surface area contributed by atoms with Gasteiger partial charge in [0.05, 0.1) is 17.8 Å². The van der Waals surface area contributed by atoms with E-state index < -0.39 is 17.8 Å². The van der Waals surface area contributed by atoms with Gasteiger partial charge in [0.2, 0.25) is 0 Å². The Morgan fingerprint density at radius 2 is 1.97 bits per heavy atom. The van der Waals surface area contributed by atoms with Crippen LogP contribution in [0, 0.1) is 23.2 Å². The van der Waals surface area contributed by atoms with Crippen LogP contribution >= 0.6 is 0 Å². The van der Waals surface area contributed by atoms with Gasteiger partial charge < -0.3 is 15.3 Å². The van der Waals surface area contributed by atoms with Crippen LogP contribution in [0.2, 0.25) is 0 Å². The van der Waals surface area contributed by atoms with Crippen LogP contribution in [0.15, 0.2) is 35.5 Å². The number of rotatable bonds is 6. The lowest BCUT2D eigenvalue weighted by Crippen LogP contribution is -2.36. The predicted molar refractivity (Wildman–Crippen MR) is 124 cm³/mol. The minimum absolute atomic E-state index is 0.374. The van der Waals surface area contributed by atoms with E-state index in [4.69, 9.17) is 0 Å². The molecule has 0 aliphatic heterocycles. The van der Waals surface area contributed by atoms with E-state index in [2.05, 4.69) is 32.6 Å². The molecule has 170 valence electrons. The van der Waals surface area contributed by atoms with E-state index in [0.717, 1.165) is 29.9 Å². The molecular weight excluding hydrogens is 372 g/mol. The summed E-state index contributed by atoms with van der Waals surface area (Å²) in [4.78, 5) is 0. The Kier molecular flexibility index (Phi) is 7.37. The third-order valence-corrected chi connectivity index (χ3v) is 8.44. The Morgan fingerprint density at radius 3 is 2.67 bits per heavy atom. The van der Waals surface area contributed by atoms with E-state index in [1.54, 1.807) is 5.57 Å². The van der Waals surface area contributed by atoms with Crippen molar-refractivity contribution < 1.29 is 15.3 Å². The van der Waals surface area contributed by atoms with Gasteiger partial charge >= 0.3 is 0 Å². The summed E-state index contributed by atoms with van der Waals surface area (Å²) in [5, 5.41) is 30.2. The SMILES string of the molecule is C=C1/C(=C\C=C2/CCC[C@]3(C)[C@@H]2CC[C@@H]3[C@H](C)CCCC(C)(C)O)C[C@H](O)C[C@H]1O. The van der Waals surface area contributed by atoms with Crippen LogP contribution < -0.4 is 0 Å².